The molecular formula is C24H18N2O4. The molecule has 30 heavy (non-hydrogen) atoms. The SMILES string of the molecule is O=c1oc2ccccc2c(O)c1C1=Nc2ccccc2NC(c2ccccc2O)C1. The zero-order chi connectivity index (χ0) is 20.7. The third kappa shape index (κ3) is 2.99. The zero-order valence-electron chi connectivity index (χ0n) is 15.9. The van der Waals surface area contributed by atoms with E-state index in [0.717, 1.165) is 5.69 Å². The van der Waals surface area contributed by atoms with Crippen molar-refractivity contribution >= 4 is 28.1 Å². The van der Waals surface area contributed by atoms with Crippen molar-refractivity contribution in [3.63, 3.8) is 0 Å². The molecule has 1 aliphatic rings. The van der Waals surface area contributed by atoms with E-state index in [0.29, 0.717) is 27.9 Å². The van der Waals surface area contributed by atoms with Crippen molar-refractivity contribution in [1.82, 2.24) is 0 Å². The average molecular weight is 398 g/mol. The molecule has 0 saturated heterocycles. The van der Waals surface area contributed by atoms with Crippen LogP contribution < -0.4 is 10.9 Å². The zero-order valence-corrected chi connectivity index (χ0v) is 15.9. The van der Waals surface area contributed by atoms with Gasteiger partial charge in [-0.05, 0) is 30.3 Å². The highest BCUT2D eigenvalue weighted by Crippen LogP contribution is 2.39. The summed E-state index contributed by atoms with van der Waals surface area (Å²) in [4.78, 5) is 17.5. The fourth-order valence-electron chi connectivity index (χ4n) is 3.83. The van der Waals surface area contributed by atoms with Crippen LogP contribution >= 0.6 is 0 Å². The maximum Gasteiger partial charge on any atom is 0.349 e. The van der Waals surface area contributed by atoms with Crippen LogP contribution in [0, 0.1) is 0 Å². The van der Waals surface area contributed by atoms with Gasteiger partial charge in [-0.1, -0.05) is 42.5 Å². The van der Waals surface area contributed by atoms with Crippen molar-refractivity contribution in [2.75, 3.05) is 5.32 Å². The molecule has 2 heterocycles. The maximum absolute atomic E-state index is 12.8. The van der Waals surface area contributed by atoms with Gasteiger partial charge in [-0.25, -0.2) is 4.79 Å². The number of benzene rings is 3. The monoisotopic (exact) mass is 398 g/mol. The number of aromatic hydroxyl groups is 2. The molecule has 0 aliphatic carbocycles. The minimum atomic E-state index is -0.652. The minimum Gasteiger partial charge on any atom is -0.508 e. The summed E-state index contributed by atoms with van der Waals surface area (Å²) < 4.78 is 5.45. The van der Waals surface area contributed by atoms with Gasteiger partial charge in [-0.3, -0.25) is 4.99 Å². The third-order valence-electron chi connectivity index (χ3n) is 5.27. The Balaban J connectivity index is 1.73. The van der Waals surface area contributed by atoms with E-state index >= 15 is 0 Å². The molecule has 3 N–H and O–H groups in total. The van der Waals surface area contributed by atoms with E-state index in [4.69, 9.17) is 9.41 Å². The second-order valence-corrected chi connectivity index (χ2v) is 7.14. The molecule has 5 rings (SSSR count). The lowest BCUT2D eigenvalue weighted by Crippen LogP contribution is -2.19. The highest BCUT2D eigenvalue weighted by molar-refractivity contribution is 6.08. The number of phenolic OH excluding ortho intramolecular Hbond substituents is 1. The molecule has 0 bridgehead atoms. The first kappa shape index (κ1) is 18.0. The number of anilines is 1. The molecule has 0 spiro atoms. The van der Waals surface area contributed by atoms with Gasteiger partial charge in [-0.15, -0.1) is 0 Å². The van der Waals surface area contributed by atoms with Gasteiger partial charge in [0, 0.05) is 12.0 Å². The van der Waals surface area contributed by atoms with Crippen LogP contribution in [-0.4, -0.2) is 15.9 Å². The summed E-state index contributed by atoms with van der Waals surface area (Å²) in [5.41, 5.74) is 2.16. The quantitative estimate of drug-likeness (QED) is 0.418. The maximum atomic E-state index is 12.8. The van der Waals surface area contributed by atoms with Crippen molar-refractivity contribution in [3.05, 3.63) is 94.3 Å². The van der Waals surface area contributed by atoms with Gasteiger partial charge >= 0.3 is 5.63 Å². The molecule has 148 valence electrons. The molecule has 3 aromatic carbocycles. The summed E-state index contributed by atoms with van der Waals surface area (Å²) in [5.74, 6) is -0.0143. The second-order valence-electron chi connectivity index (χ2n) is 7.14. The lowest BCUT2D eigenvalue weighted by atomic mass is 9.96. The molecule has 1 atom stereocenters. The van der Waals surface area contributed by atoms with Crippen LogP contribution in [0.25, 0.3) is 11.0 Å². The summed E-state index contributed by atoms with van der Waals surface area (Å²) in [5, 5.41) is 25.2. The van der Waals surface area contributed by atoms with Gasteiger partial charge in [0.25, 0.3) is 0 Å². The molecule has 0 saturated carbocycles. The summed E-state index contributed by atoms with van der Waals surface area (Å²) in [7, 11) is 0. The minimum absolute atomic E-state index is 0.0348. The molecule has 1 aliphatic heterocycles. The Labute approximate surface area is 171 Å². The van der Waals surface area contributed by atoms with E-state index < -0.39 is 5.63 Å². The van der Waals surface area contributed by atoms with E-state index in [9.17, 15) is 15.0 Å². The van der Waals surface area contributed by atoms with E-state index in [1.807, 2.05) is 36.4 Å². The number of para-hydroxylation sites is 4. The van der Waals surface area contributed by atoms with Crippen LogP contribution in [0.3, 0.4) is 0 Å². The van der Waals surface area contributed by atoms with E-state index in [1.54, 1.807) is 36.4 Å². The molecule has 4 aromatic rings. The first-order chi connectivity index (χ1) is 14.6. The van der Waals surface area contributed by atoms with Crippen molar-refractivity contribution in [3.8, 4) is 11.5 Å². The largest absolute Gasteiger partial charge is 0.508 e. The predicted molar refractivity (Wildman–Crippen MR) is 116 cm³/mol. The average Bonchev–Trinajstić information content (AvgIpc) is 2.93. The van der Waals surface area contributed by atoms with Crippen LogP contribution in [0.1, 0.15) is 23.6 Å². The molecule has 0 fully saturated rings. The Morgan fingerprint density at radius 2 is 1.67 bits per heavy atom. The standard InChI is InChI=1S/C24H18N2O4/c27-20-11-5-1-7-14(20)18-13-19(26-17-10-4-3-9-16(17)25-18)22-23(28)15-8-2-6-12-21(15)30-24(22)29/h1-12,18,25,27-28H,13H2. The fraction of sp³-hybridized carbons (Fsp3) is 0.0833. The Hall–Kier alpha value is -4.06. The molecule has 1 aromatic heterocycles. The summed E-state index contributed by atoms with van der Waals surface area (Å²) in [6.45, 7) is 0. The third-order valence-corrected chi connectivity index (χ3v) is 5.27. The van der Waals surface area contributed by atoms with Gasteiger partial charge in [0.05, 0.1) is 28.5 Å². The van der Waals surface area contributed by atoms with Crippen LogP contribution in [0.4, 0.5) is 11.4 Å². The number of nitrogens with zero attached hydrogens (tertiary/aromatic N) is 1. The number of hydrogen-bond acceptors (Lipinski definition) is 6. The van der Waals surface area contributed by atoms with Crippen molar-refractivity contribution in [2.45, 2.75) is 12.5 Å². The Bertz CT molecular complexity index is 1360. The van der Waals surface area contributed by atoms with Gasteiger partial charge in [0.15, 0.2) is 0 Å². The number of hydrogen-bond donors (Lipinski definition) is 3. The van der Waals surface area contributed by atoms with Crippen molar-refractivity contribution < 1.29 is 14.6 Å². The van der Waals surface area contributed by atoms with Crippen LogP contribution in [-0.2, 0) is 0 Å². The molecule has 0 radical (unpaired) electrons. The predicted octanol–water partition coefficient (Wildman–Crippen LogP) is 4.88. The van der Waals surface area contributed by atoms with Crippen LogP contribution in [0.15, 0.2) is 87.0 Å². The number of rotatable bonds is 2. The second kappa shape index (κ2) is 7.08. The van der Waals surface area contributed by atoms with Crippen LogP contribution in [0.5, 0.6) is 11.5 Å². The van der Waals surface area contributed by atoms with Crippen molar-refractivity contribution in [1.29, 1.82) is 0 Å². The Morgan fingerprint density at radius 3 is 2.53 bits per heavy atom. The van der Waals surface area contributed by atoms with Crippen molar-refractivity contribution in [2.24, 2.45) is 4.99 Å². The van der Waals surface area contributed by atoms with E-state index in [2.05, 4.69) is 5.32 Å². The highest BCUT2D eigenvalue weighted by atomic mass is 16.4. The molecule has 0 amide bonds. The summed E-state index contributed by atoms with van der Waals surface area (Å²) in [6.07, 6.45) is 0.267. The van der Waals surface area contributed by atoms with Crippen LogP contribution in [0.2, 0.25) is 0 Å². The Kier molecular flexibility index (Phi) is 4.25. The first-order valence-corrected chi connectivity index (χ1v) is 9.58. The lowest BCUT2D eigenvalue weighted by Gasteiger charge is -2.20. The summed E-state index contributed by atoms with van der Waals surface area (Å²) >= 11 is 0. The lowest BCUT2D eigenvalue weighted by molar-refractivity contribution is 0.463. The van der Waals surface area contributed by atoms with E-state index in [-0.39, 0.29) is 29.5 Å². The number of nitrogens with one attached hydrogen (secondary N) is 1. The molecule has 1 unspecified atom stereocenters. The summed E-state index contributed by atoms with van der Waals surface area (Å²) in [6, 6.07) is 21.0. The fourth-order valence-corrected chi connectivity index (χ4v) is 3.83. The Morgan fingerprint density at radius 1 is 0.933 bits per heavy atom. The number of phenols is 1. The number of aliphatic imine (C=N–C) groups is 1. The molecule has 6 heteroatoms. The van der Waals surface area contributed by atoms with Gasteiger partial charge in [0.2, 0.25) is 0 Å². The molecular weight excluding hydrogens is 380 g/mol. The van der Waals surface area contributed by atoms with Gasteiger partial charge in [-0.2, -0.15) is 0 Å². The van der Waals surface area contributed by atoms with E-state index in [1.165, 1.54) is 0 Å². The van der Waals surface area contributed by atoms with Gasteiger partial charge in [0.1, 0.15) is 22.6 Å². The number of fused-ring (bicyclic) bond motifs is 2. The highest BCUT2D eigenvalue weighted by Gasteiger charge is 2.27. The molecule has 6 nitrogen and oxygen atoms in total. The topological polar surface area (TPSA) is 95.1 Å². The smallest absolute Gasteiger partial charge is 0.349 e. The first-order valence-electron chi connectivity index (χ1n) is 9.58. The van der Waals surface area contributed by atoms with Gasteiger partial charge < -0.3 is 19.9 Å². The normalized spacial score (nSPS) is 15.7.